The van der Waals surface area contributed by atoms with Crippen LogP contribution in [0.15, 0.2) is 30.3 Å². The Labute approximate surface area is 126 Å². The molecule has 0 spiro atoms. The summed E-state index contributed by atoms with van der Waals surface area (Å²) in [6, 6.07) is 10.0. The standard InChI is InChI=1S/C16H24N2OS/c1-13(17-12-15-9-6-10-20-15)11-16(19)18(2)14-7-4-3-5-8-14/h3-5,7-8,13,15,17H,6,9-12H2,1-2H3/t13-,15+/m0/s1. The van der Waals surface area contributed by atoms with Crippen LogP contribution in [0.1, 0.15) is 26.2 Å². The minimum atomic E-state index is 0.162. The average molecular weight is 292 g/mol. The number of carbonyl (C=O) groups is 1. The van der Waals surface area contributed by atoms with Gasteiger partial charge in [0.25, 0.3) is 0 Å². The largest absolute Gasteiger partial charge is 0.315 e. The van der Waals surface area contributed by atoms with E-state index >= 15 is 0 Å². The molecule has 1 heterocycles. The predicted molar refractivity (Wildman–Crippen MR) is 87.4 cm³/mol. The van der Waals surface area contributed by atoms with Crippen molar-refractivity contribution in [2.75, 3.05) is 24.2 Å². The molecule has 1 aromatic carbocycles. The SMILES string of the molecule is C[C@@H](CC(=O)N(C)c1ccccc1)NC[C@H]1CCCS1. The molecule has 0 saturated carbocycles. The van der Waals surface area contributed by atoms with Crippen molar-refractivity contribution < 1.29 is 4.79 Å². The Morgan fingerprint density at radius 3 is 2.85 bits per heavy atom. The fraction of sp³-hybridized carbons (Fsp3) is 0.562. The second-order valence-corrected chi connectivity index (χ2v) is 6.85. The zero-order valence-corrected chi connectivity index (χ0v) is 13.2. The molecule has 1 N–H and O–H groups in total. The Kier molecular flexibility index (Phi) is 5.92. The maximum atomic E-state index is 12.2. The Bertz CT molecular complexity index is 418. The van der Waals surface area contributed by atoms with Crippen LogP contribution in [0.25, 0.3) is 0 Å². The zero-order chi connectivity index (χ0) is 14.4. The van der Waals surface area contributed by atoms with Gasteiger partial charge in [0.2, 0.25) is 5.91 Å². The van der Waals surface area contributed by atoms with Crippen LogP contribution in [0, 0.1) is 0 Å². The van der Waals surface area contributed by atoms with E-state index in [1.807, 2.05) is 49.1 Å². The third-order valence-corrected chi connectivity index (χ3v) is 5.11. The fourth-order valence-electron chi connectivity index (χ4n) is 2.40. The van der Waals surface area contributed by atoms with Crippen LogP contribution in [-0.2, 0) is 4.79 Å². The lowest BCUT2D eigenvalue weighted by Gasteiger charge is -2.21. The summed E-state index contributed by atoms with van der Waals surface area (Å²) in [5.41, 5.74) is 0.955. The van der Waals surface area contributed by atoms with Crippen molar-refractivity contribution in [3.63, 3.8) is 0 Å². The van der Waals surface area contributed by atoms with Gasteiger partial charge in [-0.2, -0.15) is 11.8 Å². The molecule has 0 aromatic heterocycles. The van der Waals surface area contributed by atoms with Crippen LogP contribution in [0.4, 0.5) is 5.69 Å². The first-order valence-electron chi connectivity index (χ1n) is 7.33. The molecule has 1 fully saturated rings. The second kappa shape index (κ2) is 7.70. The minimum absolute atomic E-state index is 0.162. The van der Waals surface area contributed by atoms with Crippen LogP contribution in [-0.4, -0.2) is 36.5 Å². The zero-order valence-electron chi connectivity index (χ0n) is 12.3. The number of nitrogens with zero attached hydrogens (tertiary/aromatic N) is 1. The van der Waals surface area contributed by atoms with E-state index in [9.17, 15) is 4.79 Å². The van der Waals surface area contributed by atoms with Crippen molar-refractivity contribution in [2.24, 2.45) is 0 Å². The number of amides is 1. The van der Waals surface area contributed by atoms with Crippen molar-refractivity contribution in [3.8, 4) is 0 Å². The Hall–Kier alpha value is -1.00. The van der Waals surface area contributed by atoms with E-state index in [0.717, 1.165) is 17.5 Å². The molecule has 0 unspecified atom stereocenters. The molecule has 20 heavy (non-hydrogen) atoms. The van der Waals surface area contributed by atoms with Crippen molar-refractivity contribution in [2.45, 2.75) is 37.5 Å². The highest BCUT2D eigenvalue weighted by Gasteiger charge is 2.18. The van der Waals surface area contributed by atoms with E-state index in [-0.39, 0.29) is 11.9 Å². The highest BCUT2D eigenvalue weighted by atomic mass is 32.2. The number of benzene rings is 1. The first-order valence-corrected chi connectivity index (χ1v) is 8.38. The van der Waals surface area contributed by atoms with Crippen LogP contribution in [0.5, 0.6) is 0 Å². The van der Waals surface area contributed by atoms with Crippen LogP contribution >= 0.6 is 11.8 Å². The summed E-state index contributed by atoms with van der Waals surface area (Å²) >= 11 is 2.05. The van der Waals surface area contributed by atoms with E-state index in [1.165, 1.54) is 18.6 Å². The van der Waals surface area contributed by atoms with Gasteiger partial charge in [0.1, 0.15) is 0 Å². The van der Waals surface area contributed by atoms with Gasteiger partial charge in [-0.15, -0.1) is 0 Å². The first kappa shape index (κ1) is 15.4. The molecule has 2 atom stereocenters. The lowest BCUT2D eigenvalue weighted by atomic mass is 10.2. The molecule has 3 nitrogen and oxygen atoms in total. The molecular weight excluding hydrogens is 268 g/mol. The first-order chi connectivity index (χ1) is 9.66. The lowest BCUT2D eigenvalue weighted by molar-refractivity contribution is -0.118. The summed E-state index contributed by atoms with van der Waals surface area (Å²) in [6.45, 7) is 3.12. The van der Waals surface area contributed by atoms with E-state index in [4.69, 9.17) is 0 Å². The normalized spacial score (nSPS) is 19.8. The third kappa shape index (κ3) is 4.53. The maximum Gasteiger partial charge on any atom is 0.228 e. The topological polar surface area (TPSA) is 32.3 Å². The molecule has 2 rings (SSSR count). The van der Waals surface area contributed by atoms with Gasteiger partial charge in [-0.3, -0.25) is 4.79 Å². The van der Waals surface area contributed by atoms with Crippen LogP contribution in [0.2, 0.25) is 0 Å². The molecule has 0 radical (unpaired) electrons. The molecule has 0 aliphatic carbocycles. The minimum Gasteiger partial charge on any atom is -0.315 e. The molecule has 1 amide bonds. The summed E-state index contributed by atoms with van der Waals surface area (Å²) in [7, 11) is 1.84. The number of nitrogens with one attached hydrogen (secondary N) is 1. The molecule has 4 heteroatoms. The van der Waals surface area contributed by atoms with Crippen LogP contribution < -0.4 is 10.2 Å². The molecular formula is C16H24N2OS. The number of anilines is 1. The van der Waals surface area contributed by atoms with Gasteiger partial charge in [-0.1, -0.05) is 18.2 Å². The Morgan fingerprint density at radius 1 is 1.45 bits per heavy atom. The molecule has 1 aliphatic rings. The van der Waals surface area contributed by atoms with Crippen LogP contribution in [0.3, 0.4) is 0 Å². The molecule has 0 bridgehead atoms. The van der Waals surface area contributed by atoms with Gasteiger partial charge in [-0.25, -0.2) is 0 Å². The summed E-state index contributed by atoms with van der Waals surface area (Å²) in [4.78, 5) is 14.0. The van der Waals surface area contributed by atoms with Gasteiger partial charge in [0, 0.05) is 37.0 Å². The van der Waals surface area contributed by atoms with Gasteiger partial charge in [0.05, 0.1) is 0 Å². The summed E-state index contributed by atoms with van der Waals surface area (Å²) in [6.07, 6.45) is 3.19. The van der Waals surface area contributed by atoms with E-state index in [2.05, 4.69) is 12.2 Å². The monoisotopic (exact) mass is 292 g/mol. The summed E-state index contributed by atoms with van der Waals surface area (Å²) in [5.74, 6) is 1.45. The maximum absolute atomic E-state index is 12.2. The second-order valence-electron chi connectivity index (χ2n) is 5.44. The smallest absolute Gasteiger partial charge is 0.228 e. The number of thioether (sulfide) groups is 1. The number of rotatable bonds is 6. The Morgan fingerprint density at radius 2 is 2.20 bits per heavy atom. The lowest BCUT2D eigenvalue weighted by Crippen LogP contribution is -2.37. The van der Waals surface area contributed by atoms with Gasteiger partial charge in [-0.05, 0) is 37.7 Å². The summed E-state index contributed by atoms with van der Waals surface area (Å²) in [5, 5.41) is 4.23. The van der Waals surface area contributed by atoms with E-state index in [0.29, 0.717) is 6.42 Å². The van der Waals surface area contributed by atoms with Crippen molar-refractivity contribution in [1.82, 2.24) is 5.32 Å². The van der Waals surface area contributed by atoms with Crippen molar-refractivity contribution in [3.05, 3.63) is 30.3 Å². The van der Waals surface area contributed by atoms with E-state index < -0.39 is 0 Å². The van der Waals surface area contributed by atoms with Gasteiger partial charge in [0.15, 0.2) is 0 Å². The fourth-order valence-corrected chi connectivity index (χ4v) is 3.62. The number of hydrogen-bond acceptors (Lipinski definition) is 3. The number of para-hydroxylation sites is 1. The van der Waals surface area contributed by atoms with E-state index in [1.54, 1.807) is 4.90 Å². The van der Waals surface area contributed by atoms with Gasteiger partial charge < -0.3 is 10.2 Å². The molecule has 110 valence electrons. The predicted octanol–water partition coefficient (Wildman–Crippen LogP) is 2.91. The quantitative estimate of drug-likeness (QED) is 0.875. The molecule has 1 aromatic rings. The highest BCUT2D eigenvalue weighted by molar-refractivity contribution is 8.00. The van der Waals surface area contributed by atoms with Crippen molar-refractivity contribution >= 4 is 23.4 Å². The molecule has 1 aliphatic heterocycles. The third-order valence-electron chi connectivity index (χ3n) is 3.72. The Balaban J connectivity index is 1.75. The molecule has 1 saturated heterocycles. The number of carbonyl (C=O) groups excluding carboxylic acids is 1. The summed E-state index contributed by atoms with van der Waals surface area (Å²) < 4.78 is 0. The average Bonchev–Trinajstić information content (AvgIpc) is 2.98. The number of hydrogen-bond donors (Lipinski definition) is 1. The van der Waals surface area contributed by atoms with Crippen molar-refractivity contribution in [1.29, 1.82) is 0 Å². The highest BCUT2D eigenvalue weighted by Crippen LogP contribution is 2.25. The van der Waals surface area contributed by atoms with Gasteiger partial charge >= 0.3 is 0 Å².